The van der Waals surface area contributed by atoms with Gasteiger partial charge >= 0.3 is 0 Å². The summed E-state index contributed by atoms with van der Waals surface area (Å²) in [7, 11) is 1.56. The number of benzene rings is 1. The number of methoxy groups -OCH3 is 1. The number of anilines is 1. The fourth-order valence-corrected chi connectivity index (χ4v) is 4.45. The highest BCUT2D eigenvalue weighted by Gasteiger charge is 2.23. The standard InChI is InChI=1S/C24H33N5O4S/c1-5-27-10-12-28(13-11-27)22(31)14-19-16-34-24(25-19)26-21(30)15-29(17(2)3)23(32)18-6-8-20(33-4)9-7-18/h6-9,16-17H,5,10-15H2,1-4H3,(H,25,26,30). The van der Waals surface area contributed by atoms with Crippen LogP contribution in [0.2, 0.25) is 0 Å². The third kappa shape index (κ3) is 6.77. The van der Waals surface area contributed by atoms with Crippen LogP contribution in [0.25, 0.3) is 0 Å². The predicted molar refractivity (Wildman–Crippen MR) is 132 cm³/mol. The van der Waals surface area contributed by atoms with Crippen LogP contribution < -0.4 is 10.1 Å². The Morgan fingerprint density at radius 1 is 1.15 bits per heavy atom. The van der Waals surface area contributed by atoms with Gasteiger partial charge in [-0.15, -0.1) is 11.3 Å². The van der Waals surface area contributed by atoms with E-state index < -0.39 is 0 Å². The molecule has 0 aliphatic carbocycles. The number of piperazine rings is 1. The van der Waals surface area contributed by atoms with Crippen molar-refractivity contribution in [3.05, 3.63) is 40.9 Å². The molecule has 2 aromatic rings. The summed E-state index contributed by atoms with van der Waals surface area (Å²) >= 11 is 1.28. The normalized spacial score (nSPS) is 14.2. The molecule has 1 aliphatic heterocycles. The molecular weight excluding hydrogens is 454 g/mol. The highest BCUT2D eigenvalue weighted by atomic mass is 32.1. The van der Waals surface area contributed by atoms with E-state index in [-0.39, 0.29) is 36.7 Å². The Morgan fingerprint density at radius 3 is 2.41 bits per heavy atom. The molecule has 34 heavy (non-hydrogen) atoms. The van der Waals surface area contributed by atoms with E-state index in [1.807, 2.05) is 18.7 Å². The van der Waals surface area contributed by atoms with E-state index in [9.17, 15) is 14.4 Å². The quantitative estimate of drug-likeness (QED) is 0.584. The summed E-state index contributed by atoms with van der Waals surface area (Å²) in [4.78, 5) is 48.3. The van der Waals surface area contributed by atoms with E-state index in [0.717, 1.165) is 32.7 Å². The molecule has 1 aliphatic rings. The number of carbonyl (C=O) groups excluding carboxylic acids is 3. The molecule has 184 valence electrons. The smallest absolute Gasteiger partial charge is 0.254 e. The molecule has 0 saturated carbocycles. The van der Waals surface area contributed by atoms with E-state index in [1.165, 1.54) is 16.2 Å². The molecule has 1 N–H and O–H groups in total. The molecule has 1 aromatic heterocycles. The monoisotopic (exact) mass is 487 g/mol. The highest BCUT2D eigenvalue weighted by molar-refractivity contribution is 7.13. The Kier molecular flexibility index (Phi) is 9.00. The number of thiazole rings is 1. The van der Waals surface area contributed by atoms with Crippen molar-refractivity contribution in [1.82, 2.24) is 19.7 Å². The second kappa shape index (κ2) is 11.9. The van der Waals surface area contributed by atoms with Crippen LogP contribution >= 0.6 is 11.3 Å². The Hall–Kier alpha value is -2.98. The van der Waals surface area contributed by atoms with Gasteiger partial charge < -0.3 is 24.8 Å². The number of nitrogens with one attached hydrogen (secondary N) is 1. The predicted octanol–water partition coefficient (Wildman–Crippen LogP) is 2.35. The Labute approximate surface area is 204 Å². The lowest BCUT2D eigenvalue weighted by Gasteiger charge is -2.34. The van der Waals surface area contributed by atoms with E-state index in [4.69, 9.17) is 4.74 Å². The van der Waals surface area contributed by atoms with Crippen LogP contribution in [-0.2, 0) is 16.0 Å². The van der Waals surface area contributed by atoms with Gasteiger partial charge in [0.1, 0.15) is 12.3 Å². The topological polar surface area (TPSA) is 95.1 Å². The molecule has 3 amide bonds. The van der Waals surface area contributed by atoms with Crippen LogP contribution in [0.1, 0.15) is 36.8 Å². The SMILES string of the molecule is CCN1CCN(C(=O)Cc2csc(NC(=O)CN(C(=O)c3ccc(OC)cc3)C(C)C)n2)CC1. The molecule has 1 fully saturated rings. The van der Waals surface area contributed by atoms with Crippen LogP contribution in [0.5, 0.6) is 5.75 Å². The van der Waals surface area contributed by atoms with E-state index >= 15 is 0 Å². The summed E-state index contributed by atoms with van der Waals surface area (Å²) in [6.07, 6.45) is 0.215. The molecule has 1 saturated heterocycles. The molecule has 0 atom stereocenters. The van der Waals surface area contributed by atoms with Gasteiger partial charge in [0, 0.05) is 43.2 Å². The second-order valence-electron chi connectivity index (χ2n) is 8.44. The molecule has 10 heteroatoms. The number of carbonyl (C=O) groups is 3. The Morgan fingerprint density at radius 2 is 1.82 bits per heavy atom. The summed E-state index contributed by atoms with van der Waals surface area (Å²) in [6.45, 7) is 9.99. The molecular formula is C24H33N5O4S. The molecule has 0 bridgehead atoms. The van der Waals surface area contributed by atoms with Gasteiger partial charge in [0.25, 0.3) is 5.91 Å². The molecule has 9 nitrogen and oxygen atoms in total. The minimum absolute atomic E-state index is 0.0509. The molecule has 1 aromatic carbocycles. The van der Waals surface area contributed by atoms with Crippen molar-refractivity contribution in [3.8, 4) is 5.75 Å². The van der Waals surface area contributed by atoms with Gasteiger partial charge in [-0.25, -0.2) is 4.98 Å². The van der Waals surface area contributed by atoms with Crippen molar-refractivity contribution in [2.75, 3.05) is 51.7 Å². The number of hydrogen-bond acceptors (Lipinski definition) is 7. The highest BCUT2D eigenvalue weighted by Crippen LogP contribution is 2.18. The maximum absolute atomic E-state index is 12.9. The van der Waals surface area contributed by atoms with E-state index in [0.29, 0.717) is 22.1 Å². The fourth-order valence-electron chi connectivity index (χ4n) is 3.73. The third-order valence-electron chi connectivity index (χ3n) is 5.84. The largest absolute Gasteiger partial charge is 0.497 e. The minimum Gasteiger partial charge on any atom is -0.497 e. The zero-order valence-corrected chi connectivity index (χ0v) is 21.1. The van der Waals surface area contributed by atoms with E-state index in [2.05, 4.69) is 22.1 Å². The Bertz CT molecular complexity index is 984. The fraction of sp³-hybridized carbons (Fsp3) is 0.500. The summed E-state index contributed by atoms with van der Waals surface area (Å²) in [5.74, 6) is 0.140. The number of hydrogen-bond donors (Lipinski definition) is 1. The van der Waals surface area contributed by atoms with Crippen molar-refractivity contribution < 1.29 is 19.1 Å². The molecule has 0 radical (unpaired) electrons. The van der Waals surface area contributed by atoms with Crippen LogP contribution in [0.15, 0.2) is 29.6 Å². The van der Waals surface area contributed by atoms with Gasteiger partial charge in [-0.2, -0.15) is 0 Å². The van der Waals surface area contributed by atoms with Gasteiger partial charge in [-0.05, 0) is 44.7 Å². The number of nitrogens with zero attached hydrogens (tertiary/aromatic N) is 4. The summed E-state index contributed by atoms with van der Waals surface area (Å²) < 4.78 is 5.14. The number of amides is 3. The summed E-state index contributed by atoms with van der Waals surface area (Å²) in [6, 6.07) is 6.63. The molecule has 0 spiro atoms. The Balaban J connectivity index is 1.54. The van der Waals surface area contributed by atoms with Crippen molar-refractivity contribution in [1.29, 1.82) is 0 Å². The van der Waals surface area contributed by atoms with E-state index in [1.54, 1.807) is 36.8 Å². The van der Waals surface area contributed by atoms with Gasteiger partial charge in [-0.1, -0.05) is 6.92 Å². The summed E-state index contributed by atoms with van der Waals surface area (Å²) in [5, 5.41) is 4.97. The van der Waals surface area contributed by atoms with Gasteiger partial charge in [0.05, 0.1) is 19.2 Å². The molecule has 2 heterocycles. The van der Waals surface area contributed by atoms with Gasteiger partial charge in [0.2, 0.25) is 11.8 Å². The molecule has 0 unspecified atom stereocenters. The number of aromatic nitrogens is 1. The lowest BCUT2D eigenvalue weighted by atomic mass is 10.1. The van der Waals surface area contributed by atoms with Crippen LogP contribution in [0.3, 0.4) is 0 Å². The first-order valence-electron chi connectivity index (χ1n) is 11.5. The lowest BCUT2D eigenvalue weighted by Crippen LogP contribution is -2.48. The average Bonchev–Trinajstić information content (AvgIpc) is 3.28. The maximum Gasteiger partial charge on any atom is 0.254 e. The zero-order chi connectivity index (χ0) is 24.7. The minimum atomic E-state index is -0.335. The third-order valence-corrected chi connectivity index (χ3v) is 6.64. The number of ether oxygens (including phenoxy) is 1. The molecule has 3 rings (SSSR count). The van der Waals surface area contributed by atoms with Crippen molar-refractivity contribution in [2.45, 2.75) is 33.2 Å². The first kappa shape index (κ1) is 25.6. The number of likely N-dealkylation sites (N-methyl/N-ethyl adjacent to an activating group) is 1. The second-order valence-corrected chi connectivity index (χ2v) is 9.30. The van der Waals surface area contributed by atoms with Crippen molar-refractivity contribution >= 4 is 34.2 Å². The van der Waals surface area contributed by atoms with Crippen molar-refractivity contribution in [2.24, 2.45) is 0 Å². The van der Waals surface area contributed by atoms with Gasteiger partial charge in [-0.3, -0.25) is 14.4 Å². The summed E-state index contributed by atoms with van der Waals surface area (Å²) in [5.41, 5.74) is 1.12. The van der Waals surface area contributed by atoms with Crippen LogP contribution in [0.4, 0.5) is 5.13 Å². The maximum atomic E-state index is 12.9. The number of rotatable bonds is 9. The lowest BCUT2D eigenvalue weighted by molar-refractivity contribution is -0.132. The average molecular weight is 488 g/mol. The van der Waals surface area contributed by atoms with Crippen LogP contribution in [0, 0.1) is 0 Å². The first-order chi connectivity index (χ1) is 16.3. The van der Waals surface area contributed by atoms with Crippen molar-refractivity contribution in [3.63, 3.8) is 0 Å². The first-order valence-corrected chi connectivity index (χ1v) is 12.4. The van der Waals surface area contributed by atoms with Crippen LogP contribution in [-0.4, -0.2) is 89.8 Å². The zero-order valence-electron chi connectivity index (χ0n) is 20.2. The van der Waals surface area contributed by atoms with Gasteiger partial charge in [0.15, 0.2) is 5.13 Å².